The number of hydrogen-bond donors (Lipinski definition) is 0. The van der Waals surface area contributed by atoms with Gasteiger partial charge in [-0.1, -0.05) is 0 Å². The zero-order chi connectivity index (χ0) is 36.0. The van der Waals surface area contributed by atoms with Crippen LogP contribution in [-0.2, 0) is 239 Å². The summed E-state index contributed by atoms with van der Waals surface area (Å²) < 4.78 is 273. The predicted molar refractivity (Wildman–Crippen MR) is 83.8 cm³/mol. The van der Waals surface area contributed by atoms with Crippen LogP contribution < -0.4 is 0 Å². The van der Waals surface area contributed by atoms with E-state index in [0.29, 0.717) is 0 Å². The van der Waals surface area contributed by atoms with Gasteiger partial charge in [-0.05, 0) is 0 Å². The Balaban J connectivity index is -0.0000000170. The van der Waals surface area contributed by atoms with Crippen molar-refractivity contribution in [3.05, 3.63) is 0 Å². The van der Waals surface area contributed by atoms with Crippen molar-refractivity contribution in [1.82, 2.24) is 0 Å². The fraction of sp³-hybridized carbons (Fsp3) is 0. The Labute approximate surface area is 374 Å². The molecule has 0 aromatic rings. The number of rotatable bonds is 0. The average Bonchev–Trinajstić information content (AvgIpc) is 2.16. The molecule has 0 fully saturated rings. The summed E-state index contributed by atoms with van der Waals surface area (Å²) in [5.74, 6) is 0. The molecule has 0 aromatic heterocycles. The Morgan fingerprint density at radius 3 is 0.146 bits per heavy atom. The standard InChI is InChI=1S/8H2O4S.8Zn/c8*1-5(2,3)4;;;;;;;;/h8*(H2,1,2,3,4);;;;;;;;/q;;;;;;;;8*+2/p-16. The second kappa shape index (κ2) is 47.1. The number of hydrogen-bond acceptors (Lipinski definition) is 32. The Bertz CT molecular complexity index is 1090. The molecule has 0 unspecified atom stereocenters. The monoisotopic (exact) mass is 1280 g/mol. The van der Waals surface area contributed by atoms with E-state index in [9.17, 15) is 0 Å². The van der Waals surface area contributed by atoms with E-state index in [1.807, 2.05) is 0 Å². The van der Waals surface area contributed by atoms with E-state index >= 15 is 0 Å². The topological polar surface area (TPSA) is 642 Å². The fourth-order valence-corrected chi connectivity index (χ4v) is 0. The predicted octanol–water partition coefficient (Wildman–Crippen LogP) is -10.7. The molecule has 32 nitrogen and oxygen atoms in total. The van der Waals surface area contributed by atoms with Crippen molar-refractivity contribution >= 4 is 83.2 Å². The van der Waals surface area contributed by atoms with Crippen molar-refractivity contribution in [2.75, 3.05) is 0 Å². The molecule has 0 N–H and O–H groups in total. The van der Waals surface area contributed by atoms with Crippen LogP contribution in [0.2, 0.25) is 0 Å². The summed E-state index contributed by atoms with van der Waals surface area (Å²) in [6, 6.07) is 0. The van der Waals surface area contributed by atoms with Crippen molar-refractivity contribution in [1.29, 1.82) is 0 Å². The summed E-state index contributed by atoms with van der Waals surface area (Å²) in [5.41, 5.74) is 0. The molecule has 0 rings (SSSR count). The zero-order valence-corrected chi connectivity index (χ0v) is 52.3. The molecule has 0 saturated carbocycles. The maximum Gasteiger partial charge on any atom is 2.00 e. The van der Waals surface area contributed by atoms with Gasteiger partial charge >= 0.3 is 156 Å². The van der Waals surface area contributed by atoms with Crippen molar-refractivity contribution in [2.45, 2.75) is 0 Å². The Morgan fingerprint density at radius 2 is 0.146 bits per heavy atom. The van der Waals surface area contributed by atoms with E-state index in [0.717, 1.165) is 0 Å². The van der Waals surface area contributed by atoms with Gasteiger partial charge in [0.1, 0.15) is 0 Å². The van der Waals surface area contributed by atoms with Crippen LogP contribution in [0.1, 0.15) is 0 Å². The van der Waals surface area contributed by atoms with Gasteiger partial charge in [-0.3, -0.25) is 67.3 Å². The minimum absolute atomic E-state index is 0. The molecule has 0 bridgehead atoms. The molecule has 0 aromatic carbocycles. The largest absolute Gasteiger partial charge is 2.00 e. The third kappa shape index (κ3) is 7680. The molecule has 0 spiro atoms. The smallest absolute Gasteiger partial charge is 0.759 e. The molecule has 0 saturated heterocycles. The molecule has 0 amide bonds. The zero-order valence-electron chi connectivity index (χ0n) is 22.0. The van der Waals surface area contributed by atoms with Crippen LogP contribution in [0, 0.1) is 0 Å². The fourth-order valence-electron chi connectivity index (χ4n) is 0. The molecule has 256 valence electrons. The molecule has 48 heteroatoms. The Morgan fingerprint density at radius 1 is 0.146 bits per heavy atom. The van der Waals surface area contributed by atoms with Gasteiger partial charge in [0.15, 0.2) is 0 Å². The molecule has 0 radical (unpaired) electrons. The first kappa shape index (κ1) is 104. The molecule has 0 aliphatic carbocycles. The maximum atomic E-state index is 8.52. The average molecular weight is 1290 g/mol. The summed E-state index contributed by atoms with van der Waals surface area (Å²) in [7, 11) is -41.3. The normalized spacial score (nSPS) is 9.67. The first-order valence-electron chi connectivity index (χ1n) is 5.33. The van der Waals surface area contributed by atoms with Gasteiger partial charge in [0.05, 0.1) is 0 Å². The molecule has 0 aliphatic heterocycles. The first-order chi connectivity index (χ1) is 16.0. The van der Waals surface area contributed by atoms with Gasteiger partial charge in [0, 0.05) is 83.2 Å². The molecular formula is O32S8Zn8. The van der Waals surface area contributed by atoms with Crippen molar-refractivity contribution in [3.8, 4) is 0 Å². The minimum atomic E-state index is -5.17. The van der Waals surface area contributed by atoms with Crippen molar-refractivity contribution in [2.24, 2.45) is 0 Å². The summed E-state index contributed by atoms with van der Waals surface area (Å²) in [5, 5.41) is 0. The van der Waals surface area contributed by atoms with Gasteiger partial charge in [-0.25, -0.2) is 0 Å². The molecule has 0 heterocycles. The second-order valence-corrected chi connectivity index (χ2v) is 9.80. The summed E-state index contributed by atoms with van der Waals surface area (Å²) in [4.78, 5) is 0. The van der Waals surface area contributed by atoms with Crippen LogP contribution in [0.25, 0.3) is 0 Å². The third-order valence-corrected chi connectivity index (χ3v) is 0. The van der Waals surface area contributed by atoms with E-state index in [2.05, 4.69) is 0 Å². The van der Waals surface area contributed by atoms with Gasteiger partial charge in [-0.15, -0.1) is 0 Å². The van der Waals surface area contributed by atoms with Gasteiger partial charge in [-0.2, -0.15) is 0 Å². The second-order valence-electron chi connectivity index (χ2n) is 3.27. The molecule has 0 aliphatic rings. The maximum absolute atomic E-state index is 8.52. The van der Waals surface area contributed by atoms with Crippen LogP contribution >= 0.6 is 0 Å². The molecule has 48 heavy (non-hydrogen) atoms. The summed E-state index contributed by atoms with van der Waals surface area (Å²) in [6.45, 7) is 0. The van der Waals surface area contributed by atoms with E-state index in [-0.39, 0.29) is 156 Å². The quantitative estimate of drug-likeness (QED) is 0.123. The molecule has 0 atom stereocenters. The Kier molecular flexibility index (Phi) is 102. The van der Waals surface area contributed by atoms with Crippen LogP contribution in [0.3, 0.4) is 0 Å². The first-order valence-corrected chi connectivity index (χ1v) is 16.0. The third-order valence-electron chi connectivity index (χ3n) is 0. The van der Waals surface area contributed by atoms with Crippen LogP contribution in [0.5, 0.6) is 0 Å². The van der Waals surface area contributed by atoms with E-state index in [4.69, 9.17) is 140 Å². The Hall–Kier alpha value is 3.95. The van der Waals surface area contributed by atoms with E-state index < -0.39 is 83.2 Å². The van der Waals surface area contributed by atoms with Crippen molar-refractivity contribution < 1.29 is 296 Å². The molecular weight excluding hydrogens is 1290 g/mol. The summed E-state index contributed by atoms with van der Waals surface area (Å²) in [6.07, 6.45) is 0. The van der Waals surface area contributed by atoms with Gasteiger partial charge in [0.25, 0.3) is 0 Å². The van der Waals surface area contributed by atoms with Crippen LogP contribution in [0.15, 0.2) is 0 Å². The van der Waals surface area contributed by atoms with Crippen LogP contribution in [-0.4, -0.2) is 140 Å². The van der Waals surface area contributed by atoms with Gasteiger partial charge in [0.2, 0.25) is 0 Å². The van der Waals surface area contributed by atoms with Crippen LogP contribution in [0.4, 0.5) is 0 Å². The van der Waals surface area contributed by atoms with Gasteiger partial charge < -0.3 is 72.8 Å². The summed E-state index contributed by atoms with van der Waals surface area (Å²) >= 11 is 0. The SMILES string of the molecule is O=S(=O)([O-])[O-].O=S(=O)([O-])[O-].O=S(=O)([O-])[O-].O=S(=O)([O-])[O-].O=S(=O)([O-])[O-].O=S(=O)([O-])[O-].O=S(=O)([O-])[O-].O=S(=O)([O-])[O-].[Zn+2].[Zn+2].[Zn+2].[Zn+2].[Zn+2].[Zn+2].[Zn+2].[Zn+2]. The minimum Gasteiger partial charge on any atom is -0.759 e. The van der Waals surface area contributed by atoms with E-state index in [1.165, 1.54) is 0 Å². The van der Waals surface area contributed by atoms with E-state index in [1.54, 1.807) is 0 Å². The van der Waals surface area contributed by atoms with Crippen molar-refractivity contribution in [3.63, 3.8) is 0 Å².